The van der Waals surface area contributed by atoms with E-state index in [2.05, 4.69) is 23.8 Å². The highest BCUT2D eigenvalue weighted by Crippen LogP contribution is 2.02. The van der Waals surface area contributed by atoms with Crippen LogP contribution in [0.1, 0.15) is 5.56 Å². The lowest BCUT2D eigenvalue weighted by atomic mass is 10.2. The molecule has 0 saturated heterocycles. The molecule has 1 rings (SSSR count). The fraction of sp³-hybridized carbons (Fsp3) is 0.278. The van der Waals surface area contributed by atoms with E-state index in [1.165, 1.54) is 6.08 Å². The highest BCUT2D eigenvalue weighted by atomic mass is 16.5. The Kier molecular flexibility index (Phi) is 12.7. The van der Waals surface area contributed by atoms with Crippen LogP contribution in [-0.2, 0) is 25.7 Å². The lowest BCUT2D eigenvalue weighted by Gasteiger charge is -2.12. The molecule has 26 heavy (non-hydrogen) atoms. The summed E-state index contributed by atoms with van der Waals surface area (Å²) in [7, 11) is 0. The summed E-state index contributed by atoms with van der Waals surface area (Å²) in [5.74, 6) is -2.43. The molecule has 0 aliphatic heterocycles. The van der Waals surface area contributed by atoms with Crippen LogP contribution in [0.2, 0.25) is 0 Å². The van der Waals surface area contributed by atoms with E-state index in [1.807, 2.05) is 30.3 Å². The van der Waals surface area contributed by atoms with Gasteiger partial charge in [-0.15, -0.1) is 13.2 Å². The van der Waals surface area contributed by atoms with E-state index >= 15 is 0 Å². The van der Waals surface area contributed by atoms with Gasteiger partial charge < -0.3 is 20.3 Å². The zero-order valence-corrected chi connectivity index (χ0v) is 14.4. The van der Waals surface area contributed by atoms with Gasteiger partial charge in [-0.05, 0) is 5.56 Å². The number of carbonyl (C=O) groups excluding carboxylic acids is 1. The van der Waals surface area contributed by atoms with Crippen LogP contribution in [0.15, 0.2) is 55.6 Å². The Labute approximate surface area is 152 Å². The number of carboxylic acid groups (broad SMARTS) is 2. The smallest absolute Gasteiger partial charge is 0.327 e. The first-order chi connectivity index (χ1) is 12.4. The van der Waals surface area contributed by atoms with Gasteiger partial charge in [0, 0.05) is 6.54 Å². The molecule has 0 saturated carbocycles. The average molecular weight is 364 g/mol. The first-order valence-corrected chi connectivity index (χ1v) is 7.72. The van der Waals surface area contributed by atoms with Crippen molar-refractivity contribution in [2.75, 3.05) is 19.6 Å². The van der Waals surface area contributed by atoms with Gasteiger partial charge in [0.25, 0.3) is 0 Å². The van der Waals surface area contributed by atoms with Crippen LogP contribution in [0.4, 0.5) is 0 Å². The van der Waals surface area contributed by atoms with E-state index in [1.54, 1.807) is 6.08 Å². The molecule has 0 radical (unpaired) electrons. The Morgan fingerprint density at radius 3 is 2.19 bits per heavy atom. The number of rotatable bonds is 11. The maximum Gasteiger partial charge on any atom is 0.327 e. The van der Waals surface area contributed by atoms with Crippen molar-refractivity contribution in [1.29, 1.82) is 0 Å². The highest BCUT2D eigenvalue weighted by Gasteiger charge is 2.16. The summed E-state index contributed by atoms with van der Waals surface area (Å²) in [6, 6.07) is 8.41. The van der Waals surface area contributed by atoms with E-state index in [4.69, 9.17) is 14.9 Å². The molecule has 0 heterocycles. The minimum absolute atomic E-state index is 0.00597. The van der Waals surface area contributed by atoms with Crippen molar-refractivity contribution in [2.24, 2.45) is 0 Å². The van der Waals surface area contributed by atoms with Gasteiger partial charge in [0.15, 0.2) is 0 Å². The maximum absolute atomic E-state index is 11.6. The first kappa shape index (κ1) is 23.0. The number of ether oxygens (including phenoxy) is 1. The second kappa shape index (κ2) is 14.4. The predicted octanol–water partition coefficient (Wildman–Crippen LogP) is 0.805. The molecule has 142 valence electrons. The van der Waals surface area contributed by atoms with Gasteiger partial charge >= 0.3 is 17.9 Å². The number of nitrogens with one attached hydrogen (secondary N) is 2. The highest BCUT2D eigenvalue weighted by molar-refractivity contribution is 5.79. The number of carbonyl (C=O) groups is 3. The second-order valence-electron chi connectivity index (χ2n) is 4.89. The summed E-state index contributed by atoms with van der Waals surface area (Å²) in [5.41, 5.74) is 0.867. The van der Waals surface area contributed by atoms with Gasteiger partial charge in [-0.25, -0.2) is 4.79 Å². The van der Waals surface area contributed by atoms with Crippen LogP contribution >= 0.6 is 0 Å². The molecule has 1 aromatic rings. The van der Waals surface area contributed by atoms with Crippen molar-refractivity contribution in [3.63, 3.8) is 0 Å². The molecule has 0 bridgehead atoms. The van der Waals surface area contributed by atoms with Crippen LogP contribution < -0.4 is 10.6 Å². The summed E-state index contributed by atoms with van der Waals surface area (Å²) in [6.45, 7) is 7.24. The minimum atomic E-state index is -1.04. The lowest BCUT2D eigenvalue weighted by molar-refractivity contribution is -0.146. The van der Waals surface area contributed by atoms with E-state index in [0.29, 0.717) is 6.54 Å². The van der Waals surface area contributed by atoms with Crippen molar-refractivity contribution in [1.82, 2.24) is 10.6 Å². The Morgan fingerprint density at radius 1 is 1.08 bits per heavy atom. The molecule has 8 nitrogen and oxygen atoms in total. The molecule has 0 aromatic heterocycles. The van der Waals surface area contributed by atoms with E-state index in [9.17, 15) is 14.4 Å². The number of hydrogen-bond donors (Lipinski definition) is 4. The summed E-state index contributed by atoms with van der Waals surface area (Å²) in [6.07, 6.45) is 2.93. The van der Waals surface area contributed by atoms with Gasteiger partial charge in [0.2, 0.25) is 0 Å². The largest absolute Gasteiger partial charge is 0.480 e. The normalized spacial score (nSPS) is 10.6. The molecule has 1 unspecified atom stereocenters. The Bertz CT molecular complexity index is 589. The third-order valence-electron chi connectivity index (χ3n) is 2.75. The first-order valence-electron chi connectivity index (χ1n) is 7.72. The van der Waals surface area contributed by atoms with Crippen LogP contribution in [0.5, 0.6) is 0 Å². The molecule has 0 aliphatic rings. The topological polar surface area (TPSA) is 125 Å². The predicted molar refractivity (Wildman–Crippen MR) is 96.6 cm³/mol. The molecule has 1 aromatic carbocycles. The Morgan fingerprint density at radius 2 is 1.69 bits per heavy atom. The summed E-state index contributed by atoms with van der Waals surface area (Å²) < 4.78 is 5.05. The fourth-order valence-electron chi connectivity index (χ4n) is 1.56. The van der Waals surface area contributed by atoms with E-state index < -0.39 is 23.9 Å². The van der Waals surface area contributed by atoms with Crippen LogP contribution in [0.3, 0.4) is 0 Å². The summed E-state index contributed by atoms with van der Waals surface area (Å²) in [4.78, 5) is 31.8. The molecule has 0 amide bonds. The molecule has 0 aliphatic carbocycles. The van der Waals surface area contributed by atoms with Gasteiger partial charge in [-0.2, -0.15) is 0 Å². The zero-order valence-electron chi connectivity index (χ0n) is 14.4. The average Bonchev–Trinajstić information content (AvgIpc) is 2.61. The maximum atomic E-state index is 11.6. The molecule has 0 spiro atoms. The standard InChI is InChI=1S/C13H15NO4.C5H9NO2/c1-2-11(14-8-12(15)16)13(17)18-9-10-6-4-3-5-7-10;1-2-3-6-4-5(7)8/h2-7,11,14H,1,8-9H2,(H,15,16);2,6H,1,3-4H2,(H,7,8). The number of aliphatic carboxylic acids is 2. The molecule has 8 heteroatoms. The zero-order chi connectivity index (χ0) is 19.8. The third-order valence-corrected chi connectivity index (χ3v) is 2.75. The third kappa shape index (κ3) is 12.5. The Hall–Kier alpha value is -2.97. The molecular weight excluding hydrogens is 340 g/mol. The van der Waals surface area contributed by atoms with E-state index in [-0.39, 0.29) is 19.7 Å². The fourth-order valence-corrected chi connectivity index (χ4v) is 1.56. The van der Waals surface area contributed by atoms with Crippen molar-refractivity contribution in [3.05, 3.63) is 61.2 Å². The lowest BCUT2D eigenvalue weighted by Crippen LogP contribution is -2.39. The van der Waals surface area contributed by atoms with Crippen molar-refractivity contribution < 1.29 is 29.3 Å². The Balaban J connectivity index is 0.000000660. The summed E-state index contributed by atoms with van der Waals surface area (Å²) in [5, 5.41) is 21.7. The van der Waals surface area contributed by atoms with Crippen LogP contribution in [0.25, 0.3) is 0 Å². The number of benzene rings is 1. The van der Waals surface area contributed by atoms with Crippen molar-refractivity contribution in [3.8, 4) is 0 Å². The quantitative estimate of drug-likeness (QED) is 0.258. The van der Waals surface area contributed by atoms with Gasteiger partial charge in [0.05, 0.1) is 13.1 Å². The number of carboxylic acids is 2. The molecule has 0 fully saturated rings. The van der Waals surface area contributed by atoms with Crippen LogP contribution in [0, 0.1) is 0 Å². The van der Waals surface area contributed by atoms with E-state index in [0.717, 1.165) is 5.56 Å². The van der Waals surface area contributed by atoms with Gasteiger partial charge in [-0.3, -0.25) is 14.9 Å². The van der Waals surface area contributed by atoms with Gasteiger partial charge in [0.1, 0.15) is 12.6 Å². The number of esters is 1. The van der Waals surface area contributed by atoms with Gasteiger partial charge in [-0.1, -0.05) is 42.5 Å². The molecule has 1 atom stereocenters. The molecular formula is C18H24N2O6. The van der Waals surface area contributed by atoms with Crippen molar-refractivity contribution in [2.45, 2.75) is 12.6 Å². The van der Waals surface area contributed by atoms with Crippen LogP contribution in [-0.4, -0.2) is 53.8 Å². The summed E-state index contributed by atoms with van der Waals surface area (Å²) >= 11 is 0. The molecule has 4 N–H and O–H groups in total. The monoisotopic (exact) mass is 364 g/mol. The minimum Gasteiger partial charge on any atom is -0.480 e. The number of hydrogen-bond acceptors (Lipinski definition) is 6. The second-order valence-corrected chi connectivity index (χ2v) is 4.89. The van der Waals surface area contributed by atoms with Crippen molar-refractivity contribution >= 4 is 17.9 Å². The SMILES string of the molecule is C=CC(NCC(=O)O)C(=O)OCc1ccccc1.C=CCNCC(=O)O.